The number of nitrogens with zero attached hydrogens (tertiary/aromatic N) is 1. The third kappa shape index (κ3) is 2.48. The van der Waals surface area contributed by atoms with E-state index in [2.05, 4.69) is 28.4 Å². The smallest absolute Gasteiger partial charge is 0.233 e. The predicted octanol–water partition coefficient (Wildman–Crippen LogP) is 0.291. The van der Waals surface area contributed by atoms with Crippen molar-refractivity contribution in [2.45, 2.75) is 12.5 Å². The zero-order chi connectivity index (χ0) is 12.3. The molecule has 1 aliphatic rings. The lowest BCUT2D eigenvalue weighted by Crippen LogP contribution is -2.44. The van der Waals surface area contributed by atoms with Gasteiger partial charge in [-0.15, -0.1) is 0 Å². The summed E-state index contributed by atoms with van der Waals surface area (Å²) in [5.41, 5.74) is 8.48. The van der Waals surface area contributed by atoms with E-state index in [1.54, 1.807) is 7.05 Å². The molecule has 1 aliphatic heterocycles. The van der Waals surface area contributed by atoms with E-state index < -0.39 is 0 Å². The molecule has 0 spiro atoms. The number of nitrogens with one attached hydrogen (secondary N) is 1. The molecule has 1 unspecified atom stereocenters. The Bertz CT molecular complexity index is 405. The Hall–Kier alpha value is -1.39. The Kier molecular flexibility index (Phi) is 3.76. The van der Waals surface area contributed by atoms with Crippen LogP contribution in [0.5, 0.6) is 0 Å². The van der Waals surface area contributed by atoms with Crippen LogP contribution in [-0.2, 0) is 11.2 Å². The second-order valence-electron chi connectivity index (χ2n) is 4.34. The molecule has 0 aromatic heterocycles. The molecular weight excluding hydrogens is 214 g/mol. The van der Waals surface area contributed by atoms with E-state index in [1.165, 1.54) is 11.1 Å². The van der Waals surface area contributed by atoms with Gasteiger partial charge in [-0.3, -0.25) is 9.69 Å². The van der Waals surface area contributed by atoms with Gasteiger partial charge in [0.15, 0.2) is 0 Å². The SMILES string of the molecule is CNC(=O)CN1CCc2ccccc2C1CN. The molecule has 0 radical (unpaired) electrons. The van der Waals surface area contributed by atoms with Crippen LogP contribution in [0.4, 0.5) is 0 Å². The summed E-state index contributed by atoms with van der Waals surface area (Å²) in [6.45, 7) is 1.87. The van der Waals surface area contributed by atoms with Gasteiger partial charge in [0, 0.05) is 26.2 Å². The maximum atomic E-state index is 11.5. The average molecular weight is 233 g/mol. The number of rotatable bonds is 3. The fourth-order valence-corrected chi connectivity index (χ4v) is 2.43. The van der Waals surface area contributed by atoms with Gasteiger partial charge in [0.05, 0.1) is 6.54 Å². The molecule has 0 saturated carbocycles. The van der Waals surface area contributed by atoms with Crippen molar-refractivity contribution < 1.29 is 4.79 Å². The first kappa shape index (κ1) is 12.1. The van der Waals surface area contributed by atoms with Gasteiger partial charge in [0.2, 0.25) is 5.91 Å². The first-order valence-corrected chi connectivity index (χ1v) is 5.98. The number of hydrogen-bond donors (Lipinski definition) is 2. The molecule has 1 heterocycles. The van der Waals surface area contributed by atoms with Crippen LogP contribution in [0.1, 0.15) is 17.2 Å². The minimum atomic E-state index is 0.0443. The molecule has 2 rings (SSSR count). The average Bonchev–Trinajstić information content (AvgIpc) is 2.38. The molecule has 1 atom stereocenters. The van der Waals surface area contributed by atoms with E-state index >= 15 is 0 Å². The van der Waals surface area contributed by atoms with Crippen molar-refractivity contribution in [3.8, 4) is 0 Å². The second kappa shape index (κ2) is 5.29. The van der Waals surface area contributed by atoms with Crippen LogP contribution in [0, 0.1) is 0 Å². The minimum absolute atomic E-state index is 0.0443. The molecule has 3 N–H and O–H groups in total. The largest absolute Gasteiger partial charge is 0.358 e. The van der Waals surface area contributed by atoms with E-state index in [-0.39, 0.29) is 11.9 Å². The normalized spacial score (nSPS) is 19.8. The lowest BCUT2D eigenvalue weighted by Gasteiger charge is -2.36. The Labute approximate surface area is 102 Å². The van der Waals surface area contributed by atoms with Crippen LogP contribution in [-0.4, -0.2) is 37.5 Å². The Morgan fingerprint density at radius 2 is 2.29 bits per heavy atom. The summed E-state index contributed by atoms with van der Waals surface area (Å²) in [7, 11) is 1.66. The molecule has 0 saturated heterocycles. The van der Waals surface area contributed by atoms with Crippen LogP contribution in [0.25, 0.3) is 0 Å². The first-order chi connectivity index (χ1) is 8.26. The summed E-state index contributed by atoms with van der Waals surface area (Å²) in [5.74, 6) is 0.0443. The number of nitrogens with two attached hydrogens (primary N) is 1. The van der Waals surface area contributed by atoms with Gasteiger partial charge >= 0.3 is 0 Å². The summed E-state index contributed by atoms with van der Waals surface area (Å²) in [4.78, 5) is 13.6. The number of hydrogen-bond acceptors (Lipinski definition) is 3. The van der Waals surface area contributed by atoms with Crippen molar-refractivity contribution >= 4 is 5.91 Å². The van der Waals surface area contributed by atoms with Crippen LogP contribution < -0.4 is 11.1 Å². The zero-order valence-electron chi connectivity index (χ0n) is 10.1. The lowest BCUT2D eigenvalue weighted by atomic mass is 9.92. The van der Waals surface area contributed by atoms with E-state index in [4.69, 9.17) is 5.73 Å². The third-order valence-electron chi connectivity index (χ3n) is 3.37. The number of carbonyl (C=O) groups is 1. The number of benzene rings is 1. The molecular formula is C13H19N3O. The van der Waals surface area contributed by atoms with Crippen LogP contribution in [0.2, 0.25) is 0 Å². The molecule has 0 bridgehead atoms. The van der Waals surface area contributed by atoms with Gasteiger partial charge in [-0.25, -0.2) is 0 Å². The molecule has 92 valence electrons. The summed E-state index contributed by atoms with van der Waals surface area (Å²) in [6.07, 6.45) is 0.990. The number of amides is 1. The Morgan fingerprint density at radius 1 is 1.53 bits per heavy atom. The minimum Gasteiger partial charge on any atom is -0.358 e. The van der Waals surface area contributed by atoms with Gasteiger partial charge in [-0.1, -0.05) is 24.3 Å². The summed E-state index contributed by atoms with van der Waals surface area (Å²) in [5, 5.41) is 2.66. The van der Waals surface area contributed by atoms with Crippen LogP contribution in [0.15, 0.2) is 24.3 Å². The molecule has 1 aromatic carbocycles. The standard InChI is InChI=1S/C13H19N3O/c1-15-13(17)9-16-7-6-10-4-2-3-5-11(10)12(16)8-14/h2-5,12H,6-9,14H2,1H3,(H,15,17). The zero-order valence-corrected chi connectivity index (χ0v) is 10.1. The van der Waals surface area contributed by atoms with Gasteiger partial charge in [-0.05, 0) is 17.5 Å². The maximum absolute atomic E-state index is 11.5. The van der Waals surface area contributed by atoms with E-state index in [1.807, 2.05) is 6.07 Å². The van der Waals surface area contributed by atoms with Crippen molar-refractivity contribution in [3.05, 3.63) is 35.4 Å². The summed E-state index contributed by atoms with van der Waals surface area (Å²) >= 11 is 0. The summed E-state index contributed by atoms with van der Waals surface area (Å²) in [6, 6.07) is 8.52. The van der Waals surface area contributed by atoms with Gasteiger partial charge < -0.3 is 11.1 Å². The molecule has 17 heavy (non-hydrogen) atoms. The Balaban J connectivity index is 2.20. The van der Waals surface area contributed by atoms with Gasteiger partial charge in [0.25, 0.3) is 0 Å². The summed E-state index contributed by atoms with van der Waals surface area (Å²) < 4.78 is 0. The first-order valence-electron chi connectivity index (χ1n) is 5.98. The van der Waals surface area contributed by atoms with Crippen molar-refractivity contribution in [2.75, 3.05) is 26.7 Å². The number of carbonyl (C=O) groups excluding carboxylic acids is 1. The van der Waals surface area contributed by atoms with Crippen LogP contribution >= 0.6 is 0 Å². The maximum Gasteiger partial charge on any atom is 0.233 e. The van der Waals surface area contributed by atoms with Crippen molar-refractivity contribution in [2.24, 2.45) is 5.73 Å². The highest BCUT2D eigenvalue weighted by atomic mass is 16.1. The van der Waals surface area contributed by atoms with E-state index in [0.29, 0.717) is 13.1 Å². The molecule has 4 heteroatoms. The van der Waals surface area contributed by atoms with Gasteiger partial charge in [0.1, 0.15) is 0 Å². The van der Waals surface area contributed by atoms with E-state index in [0.717, 1.165) is 13.0 Å². The fraction of sp³-hybridized carbons (Fsp3) is 0.462. The highest BCUT2D eigenvalue weighted by Crippen LogP contribution is 2.28. The molecule has 4 nitrogen and oxygen atoms in total. The molecule has 1 aromatic rings. The van der Waals surface area contributed by atoms with Gasteiger partial charge in [-0.2, -0.15) is 0 Å². The Morgan fingerprint density at radius 3 is 3.00 bits per heavy atom. The fourth-order valence-electron chi connectivity index (χ4n) is 2.43. The lowest BCUT2D eigenvalue weighted by molar-refractivity contribution is -0.122. The number of likely N-dealkylation sites (N-methyl/N-ethyl adjacent to an activating group) is 1. The molecule has 0 fully saturated rings. The second-order valence-corrected chi connectivity index (χ2v) is 4.34. The molecule has 1 amide bonds. The van der Waals surface area contributed by atoms with Crippen molar-refractivity contribution in [3.63, 3.8) is 0 Å². The molecule has 0 aliphatic carbocycles. The number of fused-ring (bicyclic) bond motifs is 1. The topological polar surface area (TPSA) is 58.4 Å². The highest BCUT2D eigenvalue weighted by molar-refractivity contribution is 5.77. The monoisotopic (exact) mass is 233 g/mol. The van der Waals surface area contributed by atoms with Crippen molar-refractivity contribution in [1.82, 2.24) is 10.2 Å². The third-order valence-corrected chi connectivity index (χ3v) is 3.37. The quantitative estimate of drug-likeness (QED) is 0.789. The predicted molar refractivity (Wildman–Crippen MR) is 67.6 cm³/mol. The van der Waals surface area contributed by atoms with Crippen molar-refractivity contribution in [1.29, 1.82) is 0 Å². The highest BCUT2D eigenvalue weighted by Gasteiger charge is 2.26. The van der Waals surface area contributed by atoms with Crippen LogP contribution in [0.3, 0.4) is 0 Å². The van der Waals surface area contributed by atoms with E-state index in [9.17, 15) is 4.79 Å².